The molecule has 0 saturated heterocycles. The number of nitrogens with one attached hydrogen (secondary N) is 1. The average Bonchev–Trinajstić information content (AvgIpc) is 2.48. The van der Waals surface area contributed by atoms with Gasteiger partial charge in [0, 0.05) is 12.6 Å². The molecule has 0 radical (unpaired) electrons. The molecule has 0 fully saturated rings. The van der Waals surface area contributed by atoms with Gasteiger partial charge in [-0.3, -0.25) is 4.79 Å². The molecule has 0 saturated carbocycles. The van der Waals surface area contributed by atoms with E-state index in [2.05, 4.69) is 5.32 Å². The lowest BCUT2D eigenvalue weighted by atomic mass is 10.3. The molecule has 0 atom stereocenters. The summed E-state index contributed by atoms with van der Waals surface area (Å²) in [6.45, 7) is 1.39. The minimum Gasteiger partial charge on any atom is -0.497 e. The highest BCUT2D eigenvalue weighted by atomic mass is 32.2. The van der Waals surface area contributed by atoms with Crippen LogP contribution >= 0.6 is 0 Å². The summed E-state index contributed by atoms with van der Waals surface area (Å²) in [5.74, 6) is 0.503. The molecule has 0 aliphatic heterocycles. The summed E-state index contributed by atoms with van der Waals surface area (Å²) in [4.78, 5) is 10.9. The Balaban J connectivity index is 2.15. The van der Waals surface area contributed by atoms with Crippen LogP contribution in [-0.2, 0) is 14.9 Å². The molecule has 6 nitrogen and oxygen atoms in total. The highest BCUT2D eigenvalue weighted by Gasteiger charge is 2.16. The van der Waals surface area contributed by atoms with E-state index in [0.29, 0.717) is 11.4 Å². The van der Waals surface area contributed by atoms with Gasteiger partial charge < -0.3 is 14.2 Å². The Hall–Kier alpha value is -2.54. The van der Waals surface area contributed by atoms with Crippen LogP contribution < -0.4 is 14.2 Å². The van der Waals surface area contributed by atoms with Crippen molar-refractivity contribution in [1.29, 1.82) is 0 Å². The summed E-state index contributed by atoms with van der Waals surface area (Å²) in [6, 6.07) is 11.9. The van der Waals surface area contributed by atoms with Crippen LogP contribution in [0.4, 0.5) is 5.69 Å². The van der Waals surface area contributed by atoms with Crippen molar-refractivity contribution in [3.8, 4) is 11.5 Å². The maximum atomic E-state index is 12.1. The number of hydrogen-bond acceptors (Lipinski definition) is 5. The first-order chi connectivity index (χ1) is 10.4. The van der Waals surface area contributed by atoms with Gasteiger partial charge in [0.15, 0.2) is 0 Å². The monoisotopic (exact) mass is 321 g/mol. The molecule has 2 aromatic rings. The summed E-state index contributed by atoms with van der Waals surface area (Å²) in [5.41, 5.74) is 0.557. The Kier molecular flexibility index (Phi) is 4.67. The largest absolute Gasteiger partial charge is 0.497 e. The van der Waals surface area contributed by atoms with E-state index in [1.54, 1.807) is 12.1 Å². The number of amides is 1. The van der Waals surface area contributed by atoms with Gasteiger partial charge in [-0.15, -0.1) is 0 Å². The van der Waals surface area contributed by atoms with Crippen LogP contribution in [0.25, 0.3) is 0 Å². The topological polar surface area (TPSA) is 81.7 Å². The first-order valence-corrected chi connectivity index (χ1v) is 7.78. The number of carbonyl (C=O) groups is 1. The second-order valence-corrected chi connectivity index (χ2v) is 5.96. The van der Waals surface area contributed by atoms with Gasteiger partial charge in [-0.25, -0.2) is 0 Å². The first-order valence-electron chi connectivity index (χ1n) is 6.37. The molecule has 22 heavy (non-hydrogen) atoms. The quantitative estimate of drug-likeness (QED) is 0.855. The van der Waals surface area contributed by atoms with Crippen LogP contribution in [0, 0.1) is 0 Å². The van der Waals surface area contributed by atoms with E-state index in [4.69, 9.17) is 8.92 Å². The van der Waals surface area contributed by atoms with Crippen LogP contribution in [0.15, 0.2) is 53.4 Å². The van der Waals surface area contributed by atoms with E-state index in [1.165, 1.54) is 50.4 Å². The van der Waals surface area contributed by atoms with E-state index in [0.717, 1.165) is 0 Å². The Labute approximate surface area is 128 Å². The average molecular weight is 321 g/mol. The van der Waals surface area contributed by atoms with E-state index in [9.17, 15) is 13.2 Å². The van der Waals surface area contributed by atoms with E-state index < -0.39 is 10.1 Å². The van der Waals surface area contributed by atoms with Crippen molar-refractivity contribution in [2.24, 2.45) is 0 Å². The molecule has 1 amide bonds. The van der Waals surface area contributed by atoms with Crippen molar-refractivity contribution in [2.75, 3.05) is 12.4 Å². The molecular weight excluding hydrogens is 306 g/mol. The van der Waals surface area contributed by atoms with Gasteiger partial charge in [0.05, 0.1) is 7.11 Å². The third-order valence-electron chi connectivity index (χ3n) is 2.73. The van der Waals surface area contributed by atoms with Gasteiger partial charge in [0.2, 0.25) is 5.91 Å². The van der Waals surface area contributed by atoms with E-state index in [1.807, 2.05) is 0 Å². The molecule has 0 aromatic heterocycles. The van der Waals surface area contributed by atoms with Gasteiger partial charge >= 0.3 is 10.1 Å². The van der Waals surface area contributed by atoms with Gasteiger partial charge in [-0.05, 0) is 48.5 Å². The molecular formula is C15H15NO5S. The lowest BCUT2D eigenvalue weighted by Crippen LogP contribution is -2.10. The zero-order chi connectivity index (χ0) is 16.2. The normalized spacial score (nSPS) is 10.8. The molecule has 0 unspecified atom stereocenters. The van der Waals surface area contributed by atoms with E-state index in [-0.39, 0.29) is 16.6 Å². The van der Waals surface area contributed by atoms with Crippen molar-refractivity contribution in [3.63, 3.8) is 0 Å². The Morgan fingerprint density at radius 2 is 1.50 bits per heavy atom. The second kappa shape index (κ2) is 6.48. The minimum absolute atomic E-state index is 0.0271. The minimum atomic E-state index is -3.92. The highest BCUT2D eigenvalue weighted by molar-refractivity contribution is 7.87. The summed E-state index contributed by atoms with van der Waals surface area (Å²) in [5, 5.41) is 2.58. The molecule has 0 aliphatic carbocycles. The number of ether oxygens (including phenoxy) is 1. The smallest absolute Gasteiger partial charge is 0.339 e. The molecule has 2 rings (SSSR count). The van der Waals surface area contributed by atoms with Crippen molar-refractivity contribution in [3.05, 3.63) is 48.5 Å². The van der Waals surface area contributed by atoms with Crippen molar-refractivity contribution in [1.82, 2.24) is 0 Å². The first kappa shape index (κ1) is 15.8. The van der Waals surface area contributed by atoms with Crippen LogP contribution in [0.5, 0.6) is 11.5 Å². The van der Waals surface area contributed by atoms with Gasteiger partial charge in [0.1, 0.15) is 16.4 Å². The fourth-order valence-electron chi connectivity index (χ4n) is 1.71. The van der Waals surface area contributed by atoms with E-state index >= 15 is 0 Å². The summed E-state index contributed by atoms with van der Waals surface area (Å²) >= 11 is 0. The maximum Gasteiger partial charge on any atom is 0.339 e. The number of carbonyl (C=O) groups excluding carboxylic acids is 1. The highest BCUT2D eigenvalue weighted by Crippen LogP contribution is 2.22. The predicted octanol–water partition coefficient (Wildman–Crippen LogP) is 2.42. The number of rotatable bonds is 5. The molecule has 0 spiro atoms. The predicted molar refractivity (Wildman–Crippen MR) is 81.6 cm³/mol. The molecule has 1 N–H and O–H groups in total. The molecule has 7 heteroatoms. The van der Waals surface area contributed by atoms with Gasteiger partial charge in [0.25, 0.3) is 0 Å². The van der Waals surface area contributed by atoms with Crippen LogP contribution in [0.1, 0.15) is 6.92 Å². The Morgan fingerprint density at radius 1 is 0.955 bits per heavy atom. The summed E-state index contributed by atoms with van der Waals surface area (Å²) < 4.78 is 34.3. The molecule has 116 valence electrons. The number of benzene rings is 2. The third-order valence-corrected chi connectivity index (χ3v) is 3.99. The van der Waals surface area contributed by atoms with Crippen LogP contribution in [0.3, 0.4) is 0 Å². The van der Waals surface area contributed by atoms with Gasteiger partial charge in [-0.1, -0.05) is 0 Å². The zero-order valence-corrected chi connectivity index (χ0v) is 12.9. The molecule has 2 aromatic carbocycles. The maximum absolute atomic E-state index is 12.1. The Bertz CT molecular complexity index is 752. The number of hydrogen-bond donors (Lipinski definition) is 1. The molecule has 0 aliphatic rings. The number of anilines is 1. The van der Waals surface area contributed by atoms with Crippen LogP contribution in [0.2, 0.25) is 0 Å². The number of methoxy groups -OCH3 is 1. The lowest BCUT2D eigenvalue weighted by Gasteiger charge is -2.08. The van der Waals surface area contributed by atoms with Crippen LogP contribution in [-0.4, -0.2) is 21.4 Å². The SMILES string of the molecule is COc1ccc(S(=O)(=O)Oc2ccc(NC(C)=O)cc2)cc1. The summed E-state index contributed by atoms with van der Waals surface area (Å²) in [7, 11) is -2.42. The zero-order valence-electron chi connectivity index (χ0n) is 12.1. The lowest BCUT2D eigenvalue weighted by molar-refractivity contribution is -0.114. The fraction of sp³-hybridized carbons (Fsp3) is 0.133. The third kappa shape index (κ3) is 3.98. The molecule has 0 heterocycles. The van der Waals surface area contributed by atoms with Crippen molar-refractivity contribution in [2.45, 2.75) is 11.8 Å². The standard InChI is InChI=1S/C15H15NO5S/c1-11(17)16-12-3-5-14(6-4-12)21-22(18,19)15-9-7-13(20-2)8-10-15/h3-10H,1-2H3,(H,16,17). The Morgan fingerprint density at radius 3 is 2.00 bits per heavy atom. The second-order valence-electron chi connectivity index (χ2n) is 4.42. The van der Waals surface area contributed by atoms with Gasteiger partial charge in [-0.2, -0.15) is 8.42 Å². The van der Waals surface area contributed by atoms with Crippen molar-refractivity contribution < 1.29 is 22.1 Å². The fourth-order valence-corrected chi connectivity index (χ4v) is 2.64. The summed E-state index contributed by atoms with van der Waals surface area (Å²) in [6.07, 6.45) is 0. The molecule has 0 bridgehead atoms. The van der Waals surface area contributed by atoms with Crippen molar-refractivity contribution >= 4 is 21.7 Å².